The topological polar surface area (TPSA) is 0 Å². The van der Waals surface area contributed by atoms with Gasteiger partial charge in [0.15, 0.2) is 0 Å². The summed E-state index contributed by atoms with van der Waals surface area (Å²) < 4.78 is 39.5. The molecule has 0 aromatic heterocycles. The Kier molecular flexibility index (Phi) is 2.02. The second-order valence-electron chi connectivity index (χ2n) is 5.89. The molecule has 2 atom stereocenters. The zero-order chi connectivity index (χ0) is 10.9. The summed E-state index contributed by atoms with van der Waals surface area (Å²) in [5.41, 5.74) is -1.31. The molecule has 0 nitrogen and oxygen atoms in total. The van der Waals surface area contributed by atoms with Crippen LogP contribution in [0, 0.1) is 17.3 Å². The molecule has 0 heterocycles. The summed E-state index contributed by atoms with van der Waals surface area (Å²) >= 11 is 2.32. The first-order chi connectivity index (χ1) is 6.82. The van der Waals surface area contributed by atoms with Crippen molar-refractivity contribution in [2.75, 3.05) is 0 Å². The Morgan fingerprint density at radius 2 is 1.53 bits per heavy atom. The van der Waals surface area contributed by atoms with Crippen molar-refractivity contribution in [1.29, 1.82) is 0 Å². The van der Waals surface area contributed by atoms with Crippen molar-refractivity contribution in [3.05, 3.63) is 0 Å². The van der Waals surface area contributed by atoms with Gasteiger partial charge in [-0.2, -0.15) is 13.2 Å². The van der Waals surface area contributed by atoms with Gasteiger partial charge in [-0.1, -0.05) is 22.6 Å². The van der Waals surface area contributed by atoms with Crippen molar-refractivity contribution in [3.8, 4) is 0 Å². The molecule has 4 heteroatoms. The molecule has 15 heavy (non-hydrogen) atoms. The van der Waals surface area contributed by atoms with Gasteiger partial charge in [-0.15, -0.1) is 0 Å². The Labute approximate surface area is 101 Å². The molecule has 4 rings (SSSR count). The van der Waals surface area contributed by atoms with Crippen LogP contribution in [0.2, 0.25) is 0 Å². The standard InChI is InChI=1S/C11H14F3I/c12-11(13,14)9-2-7-1-8(3-9)5-10(15,4-7)6-9/h7-8H,1-6H2. The summed E-state index contributed by atoms with van der Waals surface area (Å²) in [6, 6.07) is 0. The number of rotatable bonds is 0. The SMILES string of the molecule is FC(F)(F)C12CC3CC(CC(I)(C3)C1)C2. The van der Waals surface area contributed by atoms with E-state index in [1.807, 2.05) is 0 Å². The summed E-state index contributed by atoms with van der Waals surface area (Å²) in [4.78, 5) is 0. The molecule has 0 aromatic rings. The lowest BCUT2D eigenvalue weighted by Crippen LogP contribution is -2.58. The van der Waals surface area contributed by atoms with Crippen LogP contribution in [0.5, 0.6) is 0 Å². The second kappa shape index (κ2) is 2.85. The maximum atomic E-state index is 13.2. The summed E-state index contributed by atoms with van der Waals surface area (Å²) in [5.74, 6) is 0.703. The van der Waals surface area contributed by atoms with Crippen molar-refractivity contribution >= 4 is 22.6 Å². The quantitative estimate of drug-likeness (QED) is 0.458. The molecular formula is C11H14F3I. The summed E-state index contributed by atoms with van der Waals surface area (Å²) in [6.07, 6.45) is 0.361. The number of hydrogen-bond acceptors (Lipinski definition) is 0. The van der Waals surface area contributed by atoms with Crippen LogP contribution in [0.15, 0.2) is 0 Å². The lowest BCUT2D eigenvalue weighted by atomic mass is 9.49. The van der Waals surface area contributed by atoms with E-state index < -0.39 is 11.6 Å². The van der Waals surface area contributed by atoms with Gasteiger partial charge in [-0.25, -0.2) is 0 Å². The van der Waals surface area contributed by atoms with E-state index in [0.717, 1.165) is 19.3 Å². The normalized spacial score (nSPS) is 53.6. The monoisotopic (exact) mass is 330 g/mol. The number of hydrogen-bond donors (Lipinski definition) is 0. The van der Waals surface area contributed by atoms with Crippen LogP contribution >= 0.6 is 22.6 Å². The Balaban J connectivity index is 2.00. The predicted molar refractivity (Wildman–Crippen MR) is 59.9 cm³/mol. The van der Waals surface area contributed by atoms with Crippen molar-refractivity contribution in [2.45, 2.75) is 48.1 Å². The van der Waals surface area contributed by atoms with Crippen LogP contribution in [0.1, 0.15) is 38.5 Å². The Morgan fingerprint density at radius 1 is 1.00 bits per heavy atom. The highest BCUT2D eigenvalue weighted by atomic mass is 127. The minimum Gasteiger partial charge on any atom is -0.171 e. The van der Waals surface area contributed by atoms with Crippen molar-refractivity contribution in [2.24, 2.45) is 17.3 Å². The van der Waals surface area contributed by atoms with Gasteiger partial charge in [0.25, 0.3) is 0 Å². The predicted octanol–water partition coefficient (Wildman–Crippen LogP) is 4.32. The average molecular weight is 330 g/mol. The van der Waals surface area contributed by atoms with E-state index in [-0.39, 0.29) is 3.42 Å². The van der Waals surface area contributed by atoms with E-state index in [1.165, 1.54) is 0 Å². The van der Waals surface area contributed by atoms with Gasteiger partial charge in [0.2, 0.25) is 0 Å². The maximum absolute atomic E-state index is 13.2. The minimum atomic E-state index is -3.97. The number of halogens is 4. The van der Waals surface area contributed by atoms with Gasteiger partial charge in [0.05, 0.1) is 5.41 Å². The van der Waals surface area contributed by atoms with Crippen LogP contribution in [0.4, 0.5) is 13.2 Å². The molecule has 0 aliphatic heterocycles. The van der Waals surface area contributed by atoms with Crippen LogP contribution in [-0.2, 0) is 0 Å². The second-order valence-corrected chi connectivity index (χ2v) is 8.18. The molecule has 0 radical (unpaired) electrons. The van der Waals surface area contributed by atoms with E-state index in [4.69, 9.17) is 0 Å². The van der Waals surface area contributed by atoms with Crippen molar-refractivity contribution < 1.29 is 13.2 Å². The molecule has 4 saturated carbocycles. The maximum Gasteiger partial charge on any atom is 0.394 e. The van der Waals surface area contributed by atoms with E-state index in [1.54, 1.807) is 0 Å². The van der Waals surface area contributed by atoms with Gasteiger partial charge in [-0.3, -0.25) is 0 Å². The first-order valence-electron chi connectivity index (χ1n) is 5.58. The molecule has 0 aromatic carbocycles. The summed E-state index contributed by atoms with van der Waals surface area (Å²) in [7, 11) is 0. The van der Waals surface area contributed by atoms with E-state index in [0.29, 0.717) is 31.1 Å². The Bertz CT molecular complexity index is 283. The first kappa shape index (κ1) is 10.7. The third-order valence-electron chi connectivity index (χ3n) is 4.59. The molecule has 4 aliphatic rings. The molecule has 0 spiro atoms. The summed E-state index contributed by atoms with van der Waals surface area (Å²) in [5, 5.41) is 0. The fraction of sp³-hybridized carbons (Fsp3) is 1.00. The van der Waals surface area contributed by atoms with Crippen molar-refractivity contribution in [1.82, 2.24) is 0 Å². The highest BCUT2D eigenvalue weighted by Gasteiger charge is 2.66. The largest absolute Gasteiger partial charge is 0.394 e. The minimum absolute atomic E-state index is 0.0304. The average Bonchev–Trinajstić information content (AvgIpc) is 1.95. The molecule has 0 N–H and O–H groups in total. The Morgan fingerprint density at radius 3 is 1.93 bits per heavy atom. The van der Waals surface area contributed by atoms with Gasteiger partial charge in [-0.05, 0) is 50.4 Å². The zero-order valence-electron chi connectivity index (χ0n) is 8.41. The number of alkyl halides is 4. The van der Waals surface area contributed by atoms with Gasteiger partial charge >= 0.3 is 6.18 Å². The zero-order valence-corrected chi connectivity index (χ0v) is 10.6. The van der Waals surface area contributed by atoms with Crippen LogP contribution < -0.4 is 0 Å². The third-order valence-corrected chi connectivity index (χ3v) is 5.85. The van der Waals surface area contributed by atoms with Gasteiger partial charge in [0.1, 0.15) is 0 Å². The first-order valence-corrected chi connectivity index (χ1v) is 6.66. The van der Waals surface area contributed by atoms with E-state index >= 15 is 0 Å². The lowest BCUT2D eigenvalue weighted by molar-refractivity contribution is -0.268. The fourth-order valence-electron chi connectivity index (χ4n) is 4.48. The molecule has 4 fully saturated rings. The van der Waals surface area contributed by atoms with E-state index in [2.05, 4.69) is 22.6 Å². The highest BCUT2D eigenvalue weighted by molar-refractivity contribution is 14.1. The lowest BCUT2D eigenvalue weighted by Gasteiger charge is -2.60. The molecule has 0 saturated heterocycles. The van der Waals surface area contributed by atoms with Crippen LogP contribution in [-0.4, -0.2) is 9.60 Å². The smallest absolute Gasteiger partial charge is 0.171 e. The highest BCUT2D eigenvalue weighted by Crippen LogP contribution is 2.68. The molecule has 0 amide bonds. The van der Waals surface area contributed by atoms with Gasteiger partial charge in [0, 0.05) is 3.42 Å². The molecule has 86 valence electrons. The molecular weight excluding hydrogens is 316 g/mol. The molecule has 2 unspecified atom stereocenters. The fourth-order valence-corrected chi connectivity index (χ4v) is 6.46. The Hall–Kier alpha value is 0.520. The molecule has 4 aliphatic carbocycles. The molecule has 4 bridgehead atoms. The van der Waals surface area contributed by atoms with E-state index in [9.17, 15) is 13.2 Å². The van der Waals surface area contributed by atoms with Crippen LogP contribution in [0.25, 0.3) is 0 Å². The third kappa shape index (κ3) is 1.46. The van der Waals surface area contributed by atoms with Crippen molar-refractivity contribution in [3.63, 3.8) is 0 Å². The summed E-state index contributed by atoms with van der Waals surface area (Å²) in [6.45, 7) is 0. The van der Waals surface area contributed by atoms with Gasteiger partial charge < -0.3 is 0 Å². The van der Waals surface area contributed by atoms with Crippen LogP contribution in [0.3, 0.4) is 0 Å².